The number of rotatable bonds is 6. The summed E-state index contributed by atoms with van der Waals surface area (Å²) in [5.41, 5.74) is 3.83. The molecule has 0 spiro atoms. The van der Waals surface area contributed by atoms with Gasteiger partial charge in [0.15, 0.2) is 5.60 Å². The molecule has 2 aromatic carbocycles. The van der Waals surface area contributed by atoms with Crippen molar-refractivity contribution >= 4 is 11.8 Å². The van der Waals surface area contributed by atoms with Crippen molar-refractivity contribution in [3.8, 4) is 0 Å². The van der Waals surface area contributed by atoms with Crippen LogP contribution in [0.1, 0.15) is 22.3 Å². The van der Waals surface area contributed by atoms with E-state index < -0.39 is 11.5 Å². The van der Waals surface area contributed by atoms with E-state index >= 15 is 0 Å². The lowest BCUT2D eigenvalue weighted by Crippen LogP contribution is -2.38. The molecular formula is C25H26N2O3. The summed E-state index contributed by atoms with van der Waals surface area (Å²) in [6.45, 7) is 9.18. The summed E-state index contributed by atoms with van der Waals surface area (Å²) >= 11 is 0. The Morgan fingerprint density at radius 3 is 2.67 bits per heavy atom. The molecule has 2 aliphatic heterocycles. The first-order valence-electron chi connectivity index (χ1n) is 10.1. The Kier molecular flexibility index (Phi) is 5.20. The van der Waals surface area contributed by atoms with Crippen molar-refractivity contribution in [2.45, 2.75) is 32.5 Å². The van der Waals surface area contributed by atoms with Gasteiger partial charge in [-0.2, -0.15) is 0 Å². The quantitative estimate of drug-likeness (QED) is 0.754. The summed E-state index contributed by atoms with van der Waals surface area (Å²) in [4.78, 5) is 27.9. The van der Waals surface area contributed by atoms with E-state index in [4.69, 9.17) is 4.74 Å². The number of likely N-dealkylation sites (tertiary alicyclic amines) is 1. The van der Waals surface area contributed by atoms with Crippen LogP contribution in [-0.4, -0.2) is 28.9 Å². The molecule has 0 saturated carbocycles. The van der Waals surface area contributed by atoms with Crippen molar-refractivity contribution in [2.75, 3.05) is 6.54 Å². The first-order chi connectivity index (χ1) is 14.4. The molecule has 1 saturated heterocycles. The average molecular weight is 402 g/mol. The van der Waals surface area contributed by atoms with E-state index in [9.17, 15) is 9.59 Å². The summed E-state index contributed by atoms with van der Waals surface area (Å²) in [5, 5.41) is 2.93. The van der Waals surface area contributed by atoms with Gasteiger partial charge in [-0.05, 0) is 36.6 Å². The number of nitrogens with zero attached hydrogens (tertiary/aromatic N) is 1. The van der Waals surface area contributed by atoms with Gasteiger partial charge in [0.25, 0.3) is 5.91 Å². The van der Waals surface area contributed by atoms with Gasteiger partial charge in [0.1, 0.15) is 5.92 Å². The second-order valence-electron chi connectivity index (χ2n) is 8.07. The molecule has 30 heavy (non-hydrogen) atoms. The summed E-state index contributed by atoms with van der Waals surface area (Å²) in [5.74, 6) is -1.06. The molecule has 0 radical (unpaired) electrons. The first kappa shape index (κ1) is 20.0. The molecule has 5 heteroatoms. The molecule has 1 fully saturated rings. The molecule has 2 amide bonds. The number of fused-ring (bicyclic) bond motifs is 1. The van der Waals surface area contributed by atoms with Gasteiger partial charge in [0, 0.05) is 13.1 Å². The number of nitrogens with one attached hydrogen (secondary N) is 1. The third kappa shape index (κ3) is 3.52. The number of benzene rings is 2. The van der Waals surface area contributed by atoms with E-state index in [1.807, 2.05) is 62.4 Å². The monoisotopic (exact) mass is 402 g/mol. The number of ether oxygens (including phenoxy) is 1. The minimum Gasteiger partial charge on any atom is -0.487 e. The van der Waals surface area contributed by atoms with Crippen molar-refractivity contribution in [2.24, 2.45) is 5.92 Å². The van der Waals surface area contributed by atoms with Gasteiger partial charge < -0.3 is 15.0 Å². The summed E-state index contributed by atoms with van der Waals surface area (Å²) < 4.78 is 5.88. The summed E-state index contributed by atoms with van der Waals surface area (Å²) in [6.07, 6.45) is 3.09. The van der Waals surface area contributed by atoms with Crippen LogP contribution >= 0.6 is 0 Å². The van der Waals surface area contributed by atoms with Crippen molar-refractivity contribution in [1.82, 2.24) is 10.2 Å². The Bertz CT molecular complexity index is 1020. The van der Waals surface area contributed by atoms with Crippen molar-refractivity contribution < 1.29 is 14.3 Å². The Labute approximate surface area is 177 Å². The zero-order valence-electron chi connectivity index (χ0n) is 17.4. The molecule has 4 rings (SSSR count). The molecule has 2 unspecified atom stereocenters. The van der Waals surface area contributed by atoms with Gasteiger partial charge in [0.05, 0.1) is 18.4 Å². The van der Waals surface area contributed by atoms with Gasteiger partial charge in [-0.1, -0.05) is 60.7 Å². The number of amides is 2. The van der Waals surface area contributed by atoms with E-state index in [0.29, 0.717) is 25.2 Å². The van der Waals surface area contributed by atoms with Crippen LogP contribution in [-0.2, 0) is 27.4 Å². The van der Waals surface area contributed by atoms with Crippen molar-refractivity contribution in [1.29, 1.82) is 0 Å². The highest BCUT2D eigenvalue weighted by Crippen LogP contribution is 2.43. The molecule has 0 bridgehead atoms. The molecule has 2 heterocycles. The van der Waals surface area contributed by atoms with Crippen LogP contribution in [0.4, 0.5) is 0 Å². The zero-order chi connectivity index (χ0) is 21.3. The maximum Gasteiger partial charge on any atom is 0.251 e. The van der Waals surface area contributed by atoms with Gasteiger partial charge in [-0.25, -0.2) is 0 Å². The van der Waals surface area contributed by atoms with Gasteiger partial charge in [-0.15, -0.1) is 0 Å². The highest BCUT2D eigenvalue weighted by atomic mass is 16.5. The third-order valence-electron chi connectivity index (χ3n) is 6.00. The molecule has 2 atom stereocenters. The van der Waals surface area contributed by atoms with Gasteiger partial charge >= 0.3 is 0 Å². The highest BCUT2D eigenvalue weighted by molar-refractivity contribution is 6.02. The van der Waals surface area contributed by atoms with E-state index in [1.165, 1.54) is 11.8 Å². The first-order valence-corrected chi connectivity index (χ1v) is 10.1. The number of hydrogen-bond acceptors (Lipinski definition) is 3. The van der Waals surface area contributed by atoms with E-state index in [2.05, 4.69) is 11.9 Å². The number of carbonyl (C=O) groups is 2. The second-order valence-corrected chi connectivity index (χ2v) is 8.07. The maximum absolute atomic E-state index is 13.2. The number of carbonyl (C=O) groups excluding carboxylic acids is 2. The second kappa shape index (κ2) is 7.82. The average Bonchev–Trinajstić information content (AvgIpc) is 3.25. The fourth-order valence-electron chi connectivity index (χ4n) is 4.15. The van der Waals surface area contributed by atoms with E-state index in [1.54, 1.807) is 11.0 Å². The Balaban J connectivity index is 1.49. The summed E-state index contributed by atoms with van der Waals surface area (Å²) in [6, 6.07) is 16.0. The fourth-order valence-corrected chi connectivity index (χ4v) is 4.15. The minimum absolute atomic E-state index is 0.106. The molecule has 2 aliphatic rings. The molecule has 2 aromatic rings. The van der Waals surface area contributed by atoms with Crippen LogP contribution in [0.3, 0.4) is 0 Å². The van der Waals surface area contributed by atoms with Gasteiger partial charge in [-0.3, -0.25) is 9.59 Å². The molecule has 1 N–H and O–H groups in total. The zero-order valence-corrected chi connectivity index (χ0v) is 17.4. The molecular weight excluding hydrogens is 376 g/mol. The fraction of sp³-hybridized carbons (Fsp3) is 0.280. The van der Waals surface area contributed by atoms with Crippen LogP contribution in [0.5, 0.6) is 0 Å². The largest absolute Gasteiger partial charge is 0.487 e. The van der Waals surface area contributed by atoms with Crippen LogP contribution in [0.25, 0.3) is 0 Å². The van der Waals surface area contributed by atoms with Crippen molar-refractivity contribution in [3.63, 3.8) is 0 Å². The van der Waals surface area contributed by atoms with Crippen LogP contribution in [0.2, 0.25) is 0 Å². The smallest absolute Gasteiger partial charge is 0.251 e. The normalized spacial score (nSPS) is 22.3. The Morgan fingerprint density at radius 2 is 1.97 bits per heavy atom. The van der Waals surface area contributed by atoms with Crippen LogP contribution in [0, 0.1) is 19.8 Å². The lowest BCUT2D eigenvalue weighted by molar-refractivity contribution is -0.132. The standard InChI is InChI=1S/C25H26N2O3/c1-4-25-16-27(14-19-11-9-17(2)10-12-19)24(29)22(25)21(15-30-25)23(28)26-13-20-8-6-5-7-18(20)3/h4-12,15,22H,1,13-14,16H2,2-3H3,(H,26,28). The van der Waals surface area contributed by atoms with Crippen molar-refractivity contribution in [3.05, 3.63) is 95.3 Å². The predicted molar refractivity (Wildman–Crippen MR) is 115 cm³/mol. The van der Waals surface area contributed by atoms with Crippen LogP contribution in [0.15, 0.2) is 73.0 Å². The minimum atomic E-state index is -0.892. The summed E-state index contributed by atoms with van der Waals surface area (Å²) in [7, 11) is 0. The number of hydrogen-bond donors (Lipinski definition) is 1. The Hall–Kier alpha value is -3.34. The SMILES string of the molecule is C=CC12CN(Cc3ccc(C)cc3)C(=O)C1C(C(=O)NCc1ccccc1C)=CO2. The molecule has 0 aromatic heterocycles. The number of aryl methyl sites for hydroxylation is 2. The van der Waals surface area contributed by atoms with E-state index in [0.717, 1.165) is 16.7 Å². The van der Waals surface area contributed by atoms with Crippen LogP contribution < -0.4 is 5.32 Å². The maximum atomic E-state index is 13.2. The molecule has 154 valence electrons. The predicted octanol–water partition coefficient (Wildman–Crippen LogP) is 3.42. The molecule has 0 aliphatic carbocycles. The Morgan fingerprint density at radius 1 is 1.23 bits per heavy atom. The van der Waals surface area contributed by atoms with Gasteiger partial charge in [0.2, 0.25) is 5.91 Å². The lowest BCUT2D eigenvalue weighted by Gasteiger charge is -2.24. The third-order valence-corrected chi connectivity index (χ3v) is 6.00. The molecule has 5 nitrogen and oxygen atoms in total. The topological polar surface area (TPSA) is 58.6 Å². The highest BCUT2D eigenvalue weighted by Gasteiger charge is 2.58. The van der Waals surface area contributed by atoms with E-state index in [-0.39, 0.29) is 11.8 Å². The lowest BCUT2D eigenvalue weighted by atomic mass is 9.86.